The number of hydrogen-bond donors (Lipinski definition) is 2. The first-order valence-corrected chi connectivity index (χ1v) is 12.7. The Balaban J connectivity index is 1.65. The Kier molecular flexibility index (Phi) is 6.86. The molecule has 4 aromatic rings. The molecule has 1 amide bonds. The summed E-state index contributed by atoms with van der Waals surface area (Å²) < 4.78 is 44.9. The molecule has 2 unspecified atom stereocenters. The van der Waals surface area contributed by atoms with Crippen LogP contribution < -0.4 is 10.1 Å². The van der Waals surface area contributed by atoms with Crippen LogP contribution in [0.1, 0.15) is 18.6 Å². The Morgan fingerprint density at radius 3 is 2.43 bits per heavy atom. The molecule has 0 aliphatic rings. The number of halogens is 1. The Morgan fingerprint density at radius 2 is 1.80 bits per heavy atom. The van der Waals surface area contributed by atoms with Gasteiger partial charge in [-0.2, -0.15) is 5.10 Å². The number of aromatic nitrogens is 2. The zero-order chi connectivity index (χ0) is 25.2. The number of fused-ring (bicyclic) bond motifs is 1. The maximum Gasteiger partial charge on any atom is 0.246 e. The van der Waals surface area contributed by atoms with E-state index in [2.05, 4.69) is 10.4 Å². The molecule has 0 saturated carbocycles. The van der Waals surface area contributed by atoms with Gasteiger partial charge >= 0.3 is 0 Å². The van der Waals surface area contributed by atoms with Gasteiger partial charge in [0.25, 0.3) is 0 Å². The average Bonchev–Trinajstić information content (AvgIpc) is 3.25. The van der Waals surface area contributed by atoms with Crippen molar-refractivity contribution in [2.24, 2.45) is 0 Å². The summed E-state index contributed by atoms with van der Waals surface area (Å²) in [5.41, 5.74) is 2.14. The molecule has 0 fully saturated rings. The van der Waals surface area contributed by atoms with Crippen LogP contribution in [-0.4, -0.2) is 48.1 Å². The minimum Gasteiger partial charge on any atom is -0.484 e. The van der Waals surface area contributed by atoms with Gasteiger partial charge in [-0.15, -0.1) is 0 Å². The van der Waals surface area contributed by atoms with Gasteiger partial charge in [-0.05, 0) is 67.1 Å². The third-order valence-corrected chi connectivity index (χ3v) is 6.63. The molecular weight excluding hydrogens is 473 g/mol. The first-order valence-electron chi connectivity index (χ1n) is 10.8. The number of sulfone groups is 1. The van der Waals surface area contributed by atoms with E-state index in [-0.39, 0.29) is 10.7 Å². The molecule has 3 aromatic carbocycles. The lowest BCUT2D eigenvalue weighted by Crippen LogP contribution is -2.40. The summed E-state index contributed by atoms with van der Waals surface area (Å²) in [6, 6.07) is 17.0. The number of aliphatic hydroxyl groups is 1. The number of nitrogens with zero attached hydrogens (tertiary/aromatic N) is 2. The standard InChI is InChI=1S/C25H24FN3O5S/c1-16(28-24(31)15-30)25(17-3-10-22(11-4-17)35(2,32)33)34-21-9-12-23-18(13-21)14-27-29(23)20-7-5-19(26)6-8-20/h3-14,16,25,30H,15H2,1-2H3,(H,28,31). The van der Waals surface area contributed by atoms with Crippen LogP contribution in [0.5, 0.6) is 5.75 Å². The van der Waals surface area contributed by atoms with Crippen LogP contribution in [0.4, 0.5) is 4.39 Å². The van der Waals surface area contributed by atoms with Crippen LogP contribution >= 0.6 is 0 Å². The largest absolute Gasteiger partial charge is 0.484 e. The Morgan fingerprint density at radius 1 is 1.11 bits per heavy atom. The lowest BCUT2D eigenvalue weighted by atomic mass is 10.0. The number of ether oxygens (including phenoxy) is 1. The smallest absolute Gasteiger partial charge is 0.246 e. The second-order valence-corrected chi connectivity index (χ2v) is 10.2. The molecule has 0 aliphatic carbocycles. The van der Waals surface area contributed by atoms with E-state index in [1.165, 1.54) is 24.3 Å². The number of rotatable bonds is 8. The van der Waals surface area contributed by atoms with Gasteiger partial charge in [0, 0.05) is 11.6 Å². The monoisotopic (exact) mass is 497 g/mol. The number of aliphatic hydroxyl groups excluding tert-OH is 1. The third kappa shape index (κ3) is 5.50. The maximum atomic E-state index is 13.3. The lowest BCUT2D eigenvalue weighted by Gasteiger charge is -2.26. The van der Waals surface area contributed by atoms with E-state index in [0.717, 1.165) is 17.2 Å². The first-order chi connectivity index (χ1) is 16.7. The minimum atomic E-state index is -3.37. The van der Waals surface area contributed by atoms with Crippen LogP contribution in [-0.2, 0) is 14.6 Å². The van der Waals surface area contributed by atoms with Gasteiger partial charge in [0.2, 0.25) is 5.91 Å². The SMILES string of the molecule is CC(NC(=O)CO)C(Oc1ccc2c(cnn2-c2ccc(F)cc2)c1)c1ccc(S(C)(=O)=O)cc1. The van der Waals surface area contributed by atoms with Crippen molar-refractivity contribution in [2.45, 2.75) is 24.0 Å². The van der Waals surface area contributed by atoms with Crippen LogP contribution in [0.25, 0.3) is 16.6 Å². The highest BCUT2D eigenvalue weighted by atomic mass is 32.2. The van der Waals surface area contributed by atoms with Crippen molar-refractivity contribution >= 4 is 26.6 Å². The summed E-state index contributed by atoms with van der Waals surface area (Å²) in [6.45, 7) is 1.06. The van der Waals surface area contributed by atoms with E-state index >= 15 is 0 Å². The molecule has 2 N–H and O–H groups in total. The second-order valence-electron chi connectivity index (χ2n) is 8.15. The molecule has 0 saturated heterocycles. The lowest BCUT2D eigenvalue weighted by molar-refractivity contribution is -0.125. The molecule has 4 rings (SSSR count). The molecule has 0 aliphatic heterocycles. The van der Waals surface area contributed by atoms with E-state index in [0.29, 0.717) is 17.0 Å². The van der Waals surface area contributed by atoms with Crippen LogP contribution in [0.3, 0.4) is 0 Å². The molecule has 8 nitrogen and oxygen atoms in total. The normalized spacial score (nSPS) is 13.4. The van der Waals surface area contributed by atoms with Crippen LogP contribution in [0.15, 0.2) is 77.8 Å². The number of nitrogens with one attached hydrogen (secondary N) is 1. The predicted octanol–water partition coefficient (Wildman–Crippen LogP) is 3.19. The summed E-state index contributed by atoms with van der Waals surface area (Å²) in [4.78, 5) is 12.0. The highest BCUT2D eigenvalue weighted by Gasteiger charge is 2.24. The van der Waals surface area contributed by atoms with Crippen molar-refractivity contribution in [1.29, 1.82) is 0 Å². The summed E-state index contributed by atoms with van der Waals surface area (Å²) >= 11 is 0. The van der Waals surface area contributed by atoms with E-state index in [1.54, 1.807) is 54.2 Å². The van der Waals surface area contributed by atoms with Crippen molar-refractivity contribution in [3.63, 3.8) is 0 Å². The van der Waals surface area contributed by atoms with Gasteiger partial charge in [0.1, 0.15) is 24.3 Å². The maximum absolute atomic E-state index is 13.3. The summed E-state index contributed by atoms with van der Waals surface area (Å²) in [5, 5.41) is 17.0. The molecule has 0 spiro atoms. The van der Waals surface area contributed by atoms with E-state index in [9.17, 15) is 17.6 Å². The third-order valence-electron chi connectivity index (χ3n) is 5.50. The molecule has 1 aromatic heterocycles. The quantitative estimate of drug-likeness (QED) is 0.387. The number of hydrogen-bond acceptors (Lipinski definition) is 6. The van der Waals surface area contributed by atoms with Gasteiger partial charge < -0.3 is 15.2 Å². The first kappa shape index (κ1) is 24.4. The minimum absolute atomic E-state index is 0.168. The van der Waals surface area contributed by atoms with Gasteiger partial charge in [0.05, 0.1) is 28.3 Å². The fourth-order valence-corrected chi connectivity index (χ4v) is 4.39. The molecule has 1 heterocycles. The molecule has 182 valence electrons. The number of amides is 1. The highest BCUT2D eigenvalue weighted by molar-refractivity contribution is 7.90. The number of carbonyl (C=O) groups excluding carboxylic acids is 1. The van der Waals surface area contributed by atoms with Crippen molar-refractivity contribution in [2.75, 3.05) is 12.9 Å². The average molecular weight is 498 g/mol. The Hall–Kier alpha value is -3.76. The van der Waals surface area contributed by atoms with Gasteiger partial charge in [-0.25, -0.2) is 17.5 Å². The molecule has 10 heteroatoms. The number of carbonyl (C=O) groups is 1. The van der Waals surface area contributed by atoms with Crippen molar-refractivity contribution in [3.05, 3.63) is 84.3 Å². The fourth-order valence-electron chi connectivity index (χ4n) is 3.76. The van der Waals surface area contributed by atoms with Gasteiger partial charge in [-0.1, -0.05) is 12.1 Å². The van der Waals surface area contributed by atoms with Crippen LogP contribution in [0, 0.1) is 5.82 Å². The Labute approximate surface area is 201 Å². The molecule has 2 atom stereocenters. The summed E-state index contributed by atoms with van der Waals surface area (Å²) in [7, 11) is -3.37. The fraction of sp³-hybridized carbons (Fsp3) is 0.200. The number of benzene rings is 3. The molecular formula is C25H24FN3O5S. The van der Waals surface area contributed by atoms with Crippen molar-refractivity contribution < 1.29 is 27.4 Å². The predicted molar refractivity (Wildman–Crippen MR) is 129 cm³/mol. The topological polar surface area (TPSA) is 111 Å². The van der Waals surface area contributed by atoms with Crippen molar-refractivity contribution in [3.8, 4) is 11.4 Å². The van der Waals surface area contributed by atoms with E-state index < -0.39 is 34.5 Å². The molecule has 0 radical (unpaired) electrons. The van der Waals surface area contributed by atoms with Crippen molar-refractivity contribution in [1.82, 2.24) is 15.1 Å². The molecule has 0 bridgehead atoms. The zero-order valence-corrected chi connectivity index (χ0v) is 19.9. The zero-order valence-electron chi connectivity index (χ0n) is 19.1. The Bertz CT molecular complexity index is 1450. The van der Waals surface area contributed by atoms with E-state index in [4.69, 9.17) is 9.84 Å². The van der Waals surface area contributed by atoms with Gasteiger partial charge in [0.15, 0.2) is 9.84 Å². The second kappa shape index (κ2) is 9.85. The highest BCUT2D eigenvalue weighted by Crippen LogP contribution is 2.29. The molecule has 35 heavy (non-hydrogen) atoms. The summed E-state index contributed by atoms with van der Waals surface area (Å²) in [6.07, 6.45) is 2.11. The van der Waals surface area contributed by atoms with Crippen LogP contribution in [0.2, 0.25) is 0 Å². The summed E-state index contributed by atoms with van der Waals surface area (Å²) in [5.74, 6) is -0.396. The van der Waals surface area contributed by atoms with E-state index in [1.807, 2.05) is 6.07 Å². The van der Waals surface area contributed by atoms with Gasteiger partial charge in [-0.3, -0.25) is 4.79 Å².